The van der Waals surface area contributed by atoms with Gasteiger partial charge in [-0.25, -0.2) is 0 Å². The van der Waals surface area contributed by atoms with Crippen LogP contribution < -0.4 is 0 Å². The second-order valence-electron chi connectivity index (χ2n) is 3.74. The summed E-state index contributed by atoms with van der Waals surface area (Å²) in [5, 5.41) is 0. The molecule has 0 aromatic rings. The van der Waals surface area contributed by atoms with Gasteiger partial charge in [0.05, 0.1) is 0 Å². The molecule has 0 heterocycles. The van der Waals surface area contributed by atoms with Crippen molar-refractivity contribution in [1.82, 2.24) is 0 Å². The molecule has 0 saturated heterocycles. The molecule has 0 aliphatic heterocycles. The molecule has 2 atom stereocenters. The molecule has 0 N–H and O–H groups in total. The van der Waals surface area contributed by atoms with Crippen molar-refractivity contribution in [3.63, 3.8) is 0 Å². The molecule has 2 unspecified atom stereocenters. The third kappa shape index (κ3) is 1.25. The second kappa shape index (κ2) is 2.41. The van der Waals surface area contributed by atoms with E-state index in [4.69, 9.17) is 0 Å². The summed E-state index contributed by atoms with van der Waals surface area (Å²) in [5.41, 5.74) is 0. The Labute approximate surface area is 63.3 Å². The van der Waals surface area contributed by atoms with Gasteiger partial charge in [0.2, 0.25) is 0 Å². The van der Waals surface area contributed by atoms with Crippen LogP contribution in [-0.2, 0) is 0 Å². The van der Waals surface area contributed by atoms with Crippen LogP contribution in [-0.4, -0.2) is 0 Å². The summed E-state index contributed by atoms with van der Waals surface area (Å²) >= 11 is 0. The van der Waals surface area contributed by atoms with Gasteiger partial charge in [-0.05, 0) is 43.4 Å². The lowest BCUT2D eigenvalue weighted by atomic mass is 10.2. The van der Waals surface area contributed by atoms with E-state index in [2.05, 4.69) is 19.1 Å². The summed E-state index contributed by atoms with van der Waals surface area (Å²) in [6.07, 6.45) is 10.5. The monoisotopic (exact) mass is 136 g/mol. The molecule has 0 amide bonds. The molecule has 0 bridgehead atoms. The van der Waals surface area contributed by atoms with Crippen LogP contribution in [0, 0.1) is 17.8 Å². The molecule has 0 aromatic heterocycles. The third-order valence-electron chi connectivity index (χ3n) is 2.74. The lowest BCUT2D eigenvalue weighted by molar-refractivity contribution is 0.680. The topological polar surface area (TPSA) is 0 Å². The van der Waals surface area contributed by atoms with E-state index in [0.29, 0.717) is 0 Å². The van der Waals surface area contributed by atoms with Crippen molar-refractivity contribution in [2.24, 2.45) is 17.8 Å². The average Bonchev–Trinajstić information content (AvgIpc) is 2.77. The fourth-order valence-corrected chi connectivity index (χ4v) is 1.83. The highest BCUT2D eigenvalue weighted by Gasteiger charge is 2.45. The summed E-state index contributed by atoms with van der Waals surface area (Å²) in [6.45, 7) is 2.21. The Morgan fingerprint density at radius 1 is 1.40 bits per heavy atom. The van der Waals surface area contributed by atoms with Gasteiger partial charge in [-0.3, -0.25) is 0 Å². The van der Waals surface area contributed by atoms with Crippen molar-refractivity contribution < 1.29 is 0 Å². The highest BCUT2D eigenvalue weighted by atomic mass is 14.5. The van der Waals surface area contributed by atoms with Crippen LogP contribution >= 0.6 is 0 Å². The van der Waals surface area contributed by atoms with E-state index in [-0.39, 0.29) is 0 Å². The van der Waals surface area contributed by atoms with Crippen LogP contribution in [0.2, 0.25) is 0 Å². The van der Waals surface area contributed by atoms with Gasteiger partial charge >= 0.3 is 0 Å². The molecular weight excluding hydrogens is 120 g/mol. The van der Waals surface area contributed by atoms with Gasteiger partial charge in [-0.2, -0.15) is 0 Å². The predicted octanol–water partition coefficient (Wildman–Crippen LogP) is 3.00. The summed E-state index contributed by atoms with van der Waals surface area (Å²) in [5.74, 6) is 3.25. The Morgan fingerprint density at radius 2 is 2.20 bits per heavy atom. The van der Waals surface area contributed by atoms with Crippen LogP contribution in [0.3, 0.4) is 0 Å². The Morgan fingerprint density at radius 3 is 2.80 bits per heavy atom. The first-order valence-corrected chi connectivity index (χ1v) is 4.58. The zero-order valence-corrected chi connectivity index (χ0v) is 6.72. The van der Waals surface area contributed by atoms with Gasteiger partial charge in [-0.1, -0.05) is 19.1 Å². The van der Waals surface area contributed by atoms with Crippen molar-refractivity contribution >= 4 is 0 Å². The van der Waals surface area contributed by atoms with E-state index in [1.165, 1.54) is 25.7 Å². The predicted molar refractivity (Wildman–Crippen MR) is 43.8 cm³/mol. The maximum Gasteiger partial charge on any atom is -0.0199 e. The highest BCUT2D eigenvalue weighted by molar-refractivity contribution is 5.06. The standard InChI is InChI=1S/C10H16/c1-2-3-4-9-7-10(9)8-5-6-8/h3-4,8-10H,2,5-7H2,1H3. The molecule has 0 radical (unpaired) electrons. The molecule has 0 heteroatoms. The van der Waals surface area contributed by atoms with Crippen molar-refractivity contribution in [2.45, 2.75) is 32.6 Å². The summed E-state index contributed by atoms with van der Waals surface area (Å²) in [7, 11) is 0. The lowest BCUT2D eigenvalue weighted by Gasteiger charge is -1.87. The van der Waals surface area contributed by atoms with Crippen molar-refractivity contribution in [2.75, 3.05) is 0 Å². The Hall–Kier alpha value is -0.260. The molecule has 0 aromatic carbocycles. The first-order chi connectivity index (χ1) is 4.92. The number of rotatable bonds is 3. The third-order valence-corrected chi connectivity index (χ3v) is 2.74. The molecular formula is C10H16. The van der Waals surface area contributed by atoms with Crippen molar-refractivity contribution in [3.05, 3.63) is 12.2 Å². The van der Waals surface area contributed by atoms with Crippen LogP contribution in [0.5, 0.6) is 0 Å². The van der Waals surface area contributed by atoms with E-state index >= 15 is 0 Å². The average molecular weight is 136 g/mol. The first kappa shape index (κ1) is 6.45. The molecule has 0 nitrogen and oxygen atoms in total. The van der Waals surface area contributed by atoms with Crippen molar-refractivity contribution in [1.29, 1.82) is 0 Å². The quantitative estimate of drug-likeness (QED) is 0.523. The van der Waals surface area contributed by atoms with Crippen molar-refractivity contribution in [3.8, 4) is 0 Å². The molecule has 2 aliphatic carbocycles. The highest BCUT2D eigenvalue weighted by Crippen LogP contribution is 2.54. The lowest BCUT2D eigenvalue weighted by Crippen LogP contribution is -1.79. The van der Waals surface area contributed by atoms with Gasteiger partial charge in [-0.15, -0.1) is 0 Å². The number of hydrogen-bond donors (Lipinski definition) is 0. The molecule has 2 rings (SSSR count). The maximum atomic E-state index is 2.43. The minimum atomic E-state index is 0.993. The molecule has 2 aliphatic rings. The van der Waals surface area contributed by atoms with E-state index in [0.717, 1.165) is 17.8 Å². The van der Waals surface area contributed by atoms with Gasteiger partial charge < -0.3 is 0 Å². The Balaban J connectivity index is 1.73. The zero-order valence-electron chi connectivity index (χ0n) is 6.72. The summed E-state index contributed by atoms with van der Waals surface area (Å²) in [6, 6.07) is 0. The van der Waals surface area contributed by atoms with Gasteiger partial charge in [0.1, 0.15) is 0 Å². The van der Waals surface area contributed by atoms with E-state index in [1.54, 1.807) is 0 Å². The summed E-state index contributed by atoms with van der Waals surface area (Å²) < 4.78 is 0. The number of hydrogen-bond acceptors (Lipinski definition) is 0. The molecule has 2 saturated carbocycles. The van der Waals surface area contributed by atoms with Crippen LogP contribution in [0.15, 0.2) is 12.2 Å². The van der Waals surface area contributed by atoms with Crippen LogP contribution in [0.4, 0.5) is 0 Å². The minimum Gasteiger partial charge on any atom is -0.0885 e. The fourth-order valence-electron chi connectivity index (χ4n) is 1.83. The van der Waals surface area contributed by atoms with Gasteiger partial charge in [0.15, 0.2) is 0 Å². The smallest absolute Gasteiger partial charge is 0.0199 e. The van der Waals surface area contributed by atoms with E-state index < -0.39 is 0 Å². The minimum absolute atomic E-state index is 0.993. The van der Waals surface area contributed by atoms with Gasteiger partial charge in [0, 0.05) is 0 Å². The van der Waals surface area contributed by atoms with Gasteiger partial charge in [0.25, 0.3) is 0 Å². The Bertz CT molecular complexity index is 142. The SMILES string of the molecule is CCC=CC1CC1C1CC1. The molecule has 56 valence electrons. The second-order valence-corrected chi connectivity index (χ2v) is 3.74. The van der Waals surface area contributed by atoms with Crippen LogP contribution in [0.1, 0.15) is 32.6 Å². The number of allylic oxidation sites excluding steroid dienone is 2. The molecule has 2 fully saturated rings. The largest absolute Gasteiger partial charge is 0.0885 e. The summed E-state index contributed by atoms with van der Waals surface area (Å²) in [4.78, 5) is 0. The van der Waals surface area contributed by atoms with Crippen LogP contribution in [0.25, 0.3) is 0 Å². The van der Waals surface area contributed by atoms with E-state index in [1.807, 2.05) is 0 Å². The normalized spacial score (nSPS) is 38.9. The Kier molecular flexibility index (Phi) is 1.55. The molecule has 10 heavy (non-hydrogen) atoms. The van der Waals surface area contributed by atoms with E-state index in [9.17, 15) is 0 Å². The maximum absolute atomic E-state index is 2.43. The first-order valence-electron chi connectivity index (χ1n) is 4.58. The fraction of sp³-hybridized carbons (Fsp3) is 0.800. The zero-order chi connectivity index (χ0) is 6.97. The molecule has 0 spiro atoms.